The van der Waals surface area contributed by atoms with Crippen molar-refractivity contribution in [1.29, 1.82) is 0 Å². The number of nitrogens with one attached hydrogen (secondary N) is 1. The summed E-state index contributed by atoms with van der Waals surface area (Å²) in [6, 6.07) is 2.04. The van der Waals surface area contributed by atoms with Gasteiger partial charge in [0.1, 0.15) is 17.5 Å². The third kappa shape index (κ3) is 4.51. The normalized spacial score (nSPS) is 10.4. The maximum Gasteiger partial charge on any atom is 0.134 e. The fourth-order valence-corrected chi connectivity index (χ4v) is 1.88. The average molecular weight is 250 g/mol. The molecular formula is C14H26N4. The monoisotopic (exact) mass is 250 g/mol. The molecule has 1 aromatic rings. The van der Waals surface area contributed by atoms with Gasteiger partial charge in [-0.3, -0.25) is 0 Å². The van der Waals surface area contributed by atoms with Crippen LogP contribution >= 0.6 is 0 Å². The fraction of sp³-hybridized carbons (Fsp3) is 0.714. The van der Waals surface area contributed by atoms with E-state index in [0.717, 1.165) is 30.5 Å². The van der Waals surface area contributed by atoms with Gasteiger partial charge in [0.25, 0.3) is 0 Å². The van der Waals surface area contributed by atoms with E-state index in [1.54, 1.807) is 0 Å². The van der Waals surface area contributed by atoms with E-state index in [9.17, 15) is 0 Å². The summed E-state index contributed by atoms with van der Waals surface area (Å²) in [7, 11) is 1.90. The topological polar surface area (TPSA) is 41.0 Å². The quantitative estimate of drug-likeness (QED) is 0.769. The Balaban J connectivity index is 2.84. The van der Waals surface area contributed by atoms with Crippen molar-refractivity contribution < 1.29 is 0 Å². The zero-order valence-electron chi connectivity index (χ0n) is 12.2. The fourth-order valence-electron chi connectivity index (χ4n) is 1.88. The summed E-state index contributed by atoms with van der Waals surface area (Å²) in [5.74, 6) is 2.78. The summed E-state index contributed by atoms with van der Waals surface area (Å²) in [6.07, 6.45) is 4.85. The lowest BCUT2D eigenvalue weighted by molar-refractivity contribution is 0.669. The minimum atomic E-state index is 0.829. The van der Waals surface area contributed by atoms with Gasteiger partial charge in [-0.25, -0.2) is 9.97 Å². The van der Waals surface area contributed by atoms with E-state index in [-0.39, 0.29) is 0 Å². The highest BCUT2D eigenvalue weighted by Gasteiger charge is 2.09. The van der Waals surface area contributed by atoms with Crippen LogP contribution in [-0.2, 0) is 0 Å². The summed E-state index contributed by atoms with van der Waals surface area (Å²) < 4.78 is 0. The summed E-state index contributed by atoms with van der Waals surface area (Å²) in [5.41, 5.74) is 0. The van der Waals surface area contributed by atoms with E-state index < -0.39 is 0 Å². The molecule has 0 aliphatic rings. The van der Waals surface area contributed by atoms with Crippen molar-refractivity contribution in [1.82, 2.24) is 9.97 Å². The van der Waals surface area contributed by atoms with Gasteiger partial charge in [0.15, 0.2) is 0 Å². The van der Waals surface area contributed by atoms with Crippen LogP contribution in [0.3, 0.4) is 0 Å². The molecule has 1 aromatic heterocycles. The van der Waals surface area contributed by atoms with Crippen LogP contribution in [0.1, 0.15) is 45.4 Å². The molecule has 0 fully saturated rings. The van der Waals surface area contributed by atoms with Crippen molar-refractivity contribution in [3.05, 3.63) is 11.9 Å². The molecule has 102 valence electrons. The maximum atomic E-state index is 4.56. The minimum Gasteiger partial charge on any atom is -0.373 e. The molecular weight excluding hydrogens is 224 g/mol. The number of unbranched alkanes of at least 4 members (excludes halogenated alkanes) is 2. The summed E-state index contributed by atoms with van der Waals surface area (Å²) >= 11 is 0. The van der Waals surface area contributed by atoms with Gasteiger partial charge in [-0.05, 0) is 19.8 Å². The lowest BCUT2D eigenvalue weighted by Gasteiger charge is -2.24. The van der Waals surface area contributed by atoms with E-state index >= 15 is 0 Å². The number of aryl methyl sites for hydroxylation is 1. The van der Waals surface area contributed by atoms with E-state index in [2.05, 4.69) is 34.0 Å². The Morgan fingerprint density at radius 2 is 1.72 bits per heavy atom. The molecule has 0 unspecified atom stereocenters. The number of hydrogen-bond acceptors (Lipinski definition) is 4. The van der Waals surface area contributed by atoms with Gasteiger partial charge in [-0.1, -0.05) is 26.7 Å². The van der Waals surface area contributed by atoms with Gasteiger partial charge in [-0.2, -0.15) is 0 Å². The number of hydrogen-bond donors (Lipinski definition) is 1. The van der Waals surface area contributed by atoms with E-state index in [1.807, 2.05) is 20.0 Å². The first kappa shape index (κ1) is 14.7. The molecule has 0 spiro atoms. The van der Waals surface area contributed by atoms with Gasteiger partial charge in [0.05, 0.1) is 0 Å². The second kappa shape index (κ2) is 7.90. The third-order valence-corrected chi connectivity index (χ3v) is 2.97. The Morgan fingerprint density at radius 3 is 2.22 bits per heavy atom. The standard InChI is InChI=1S/C14H26N4/c1-5-7-9-18(10-8-6-2)14-11-13(15-4)16-12(3)17-14/h11H,5-10H2,1-4H3,(H,15,16,17). The molecule has 0 aromatic carbocycles. The van der Waals surface area contributed by atoms with Gasteiger partial charge in [0, 0.05) is 26.2 Å². The molecule has 1 heterocycles. The van der Waals surface area contributed by atoms with Crippen LogP contribution < -0.4 is 10.2 Å². The van der Waals surface area contributed by atoms with Gasteiger partial charge >= 0.3 is 0 Å². The highest BCUT2D eigenvalue weighted by molar-refractivity contribution is 5.49. The smallest absolute Gasteiger partial charge is 0.134 e. The largest absolute Gasteiger partial charge is 0.373 e. The van der Waals surface area contributed by atoms with Crippen molar-refractivity contribution in [3.8, 4) is 0 Å². The van der Waals surface area contributed by atoms with Crippen molar-refractivity contribution in [2.75, 3.05) is 30.4 Å². The molecule has 1 N–H and O–H groups in total. The molecule has 0 aliphatic carbocycles. The second-order valence-electron chi connectivity index (χ2n) is 4.60. The molecule has 0 radical (unpaired) electrons. The summed E-state index contributed by atoms with van der Waals surface area (Å²) in [5, 5.41) is 3.10. The average Bonchev–Trinajstić information content (AvgIpc) is 2.38. The van der Waals surface area contributed by atoms with E-state index in [0.29, 0.717) is 0 Å². The van der Waals surface area contributed by atoms with Crippen LogP contribution in [0, 0.1) is 6.92 Å². The van der Waals surface area contributed by atoms with Crippen LogP contribution in [-0.4, -0.2) is 30.1 Å². The predicted molar refractivity (Wildman–Crippen MR) is 78.3 cm³/mol. The Morgan fingerprint density at radius 1 is 1.11 bits per heavy atom. The molecule has 4 heteroatoms. The SMILES string of the molecule is CCCCN(CCCC)c1cc(NC)nc(C)n1. The van der Waals surface area contributed by atoms with Crippen molar-refractivity contribution in [2.24, 2.45) is 0 Å². The van der Waals surface area contributed by atoms with E-state index in [4.69, 9.17) is 0 Å². The first-order valence-electron chi connectivity index (χ1n) is 6.99. The molecule has 0 saturated heterocycles. The molecule has 0 amide bonds. The molecule has 0 atom stereocenters. The number of nitrogens with zero attached hydrogens (tertiary/aromatic N) is 3. The Kier molecular flexibility index (Phi) is 6.47. The minimum absolute atomic E-state index is 0.829. The van der Waals surface area contributed by atoms with Crippen molar-refractivity contribution >= 4 is 11.6 Å². The Hall–Kier alpha value is -1.32. The molecule has 0 aliphatic heterocycles. The number of aromatic nitrogens is 2. The summed E-state index contributed by atoms with van der Waals surface area (Å²) in [6.45, 7) is 8.55. The van der Waals surface area contributed by atoms with Crippen molar-refractivity contribution in [2.45, 2.75) is 46.5 Å². The maximum absolute atomic E-state index is 4.56. The number of rotatable bonds is 8. The molecule has 1 rings (SSSR count). The van der Waals surface area contributed by atoms with Crippen LogP contribution in [0.5, 0.6) is 0 Å². The summed E-state index contributed by atoms with van der Waals surface area (Å²) in [4.78, 5) is 11.3. The lowest BCUT2D eigenvalue weighted by atomic mass is 10.2. The Bertz CT molecular complexity index is 344. The van der Waals surface area contributed by atoms with Crippen LogP contribution in [0.25, 0.3) is 0 Å². The second-order valence-corrected chi connectivity index (χ2v) is 4.60. The molecule has 0 saturated carbocycles. The van der Waals surface area contributed by atoms with Crippen molar-refractivity contribution in [3.63, 3.8) is 0 Å². The van der Waals surface area contributed by atoms with Gasteiger partial charge < -0.3 is 10.2 Å². The van der Waals surface area contributed by atoms with Crippen LogP contribution in [0.4, 0.5) is 11.6 Å². The molecule has 4 nitrogen and oxygen atoms in total. The number of anilines is 2. The Labute approximate surface area is 111 Å². The first-order chi connectivity index (χ1) is 8.71. The highest BCUT2D eigenvalue weighted by Crippen LogP contribution is 2.17. The van der Waals surface area contributed by atoms with Gasteiger partial charge in [-0.15, -0.1) is 0 Å². The van der Waals surface area contributed by atoms with E-state index in [1.165, 1.54) is 25.7 Å². The van der Waals surface area contributed by atoms with Crippen LogP contribution in [0.2, 0.25) is 0 Å². The van der Waals surface area contributed by atoms with Gasteiger partial charge in [0.2, 0.25) is 0 Å². The van der Waals surface area contributed by atoms with Crippen LogP contribution in [0.15, 0.2) is 6.07 Å². The third-order valence-electron chi connectivity index (χ3n) is 2.97. The zero-order chi connectivity index (χ0) is 13.4. The molecule has 0 bridgehead atoms. The first-order valence-corrected chi connectivity index (χ1v) is 6.99. The highest BCUT2D eigenvalue weighted by atomic mass is 15.2. The zero-order valence-corrected chi connectivity index (χ0v) is 12.2. The lowest BCUT2D eigenvalue weighted by Crippen LogP contribution is -2.27. The molecule has 18 heavy (non-hydrogen) atoms. The predicted octanol–water partition coefficient (Wildman–Crippen LogP) is 3.23.